The van der Waals surface area contributed by atoms with Gasteiger partial charge in [-0.05, 0) is 40.9 Å². The highest BCUT2D eigenvalue weighted by molar-refractivity contribution is 9.10. The number of rotatable bonds is 5. The lowest BCUT2D eigenvalue weighted by Gasteiger charge is -2.17. The SMILES string of the molecule is CCCc1nc2c(Br)cccc2c(-c2ccccc2)c1C(=O)OCC. The molecule has 25 heavy (non-hydrogen) atoms. The zero-order valence-corrected chi connectivity index (χ0v) is 16.0. The van der Waals surface area contributed by atoms with E-state index in [-0.39, 0.29) is 5.97 Å². The fourth-order valence-corrected chi connectivity index (χ4v) is 3.50. The Labute approximate surface area is 156 Å². The number of ether oxygens (including phenoxy) is 1. The number of nitrogens with zero attached hydrogens (tertiary/aromatic N) is 1. The Kier molecular flexibility index (Phi) is 5.49. The topological polar surface area (TPSA) is 39.2 Å². The number of carbonyl (C=O) groups is 1. The second-order valence-corrected chi connectivity index (χ2v) is 6.64. The Bertz CT molecular complexity index is 907. The molecule has 3 aromatic rings. The van der Waals surface area contributed by atoms with Crippen molar-refractivity contribution in [3.63, 3.8) is 0 Å². The van der Waals surface area contributed by atoms with Crippen molar-refractivity contribution in [1.29, 1.82) is 0 Å². The third-order valence-electron chi connectivity index (χ3n) is 4.07. The number of halogens is 1. The van der Waals surface area contributed by atoms with E-state index in [4.69, 9.17) is 9.72 Å². The quantitative estimate of drug-likeness (QED) is 0.511. The molecule has 1 heterocycles. The molecular weight excluding hydrogens is 378 g/mol. The third kappa shape index (κ3) is 3.45. The molecule has 0 aliphatic carbocycles. The molecule has 0 aliphatic rings. The normalized spacial score (nSPS) is 10.8. The first kappa shape index (κ1) is 17.6. The predicted octanol–water partition coefficient (Wildman–Crippen LogP) is 5.79. The van der Waals surface area contributed by atoms with Crippen molar-refractivity contribution in [2.24, 2.45) is 0 Å². The summed E-state index contributed by atoms with van der Waals surface area (Å²) in [6.07, 6.45) is 1.63. The monoisotopic (exact) mass is 397 g/mol. The first-order valence-electron chi connectivity index (χ1n) is 8.51. The average molecular weight is 398 g/mol. The Morgan fingerprint density at radius 1 is 1.08 bits per heavy atom. The largest absolute Gasteiger partial charge is 0.462 e. The molecule has 0 saturated heterocycles. The van der Waals surface area contributed by atoms with Gasteiger partial charge in [0.15, 0.2) is 0 Å². The van der Waals surface area contributed by atoms with E-state index >= 15 is 0 Å². The summed E-state index contributed by atoms with van der Waals surface area (Å²) < 4.78 is 6.29. The molecule has 3 rings (SSSR count). The number of hydrogen-bond donors (Lipinski definition) is 0. The number of hydrogen-bond acceptors (Lipinski definition) is 3. The van der Waals surface area contributed by atoms with Crippen LogP contribution in [0.1, 0.15) is 36.3 Å². The van der Waals surface area contributed by atoms with Gasteiger partial charge >= 0.3 is 5.97 Å². The molecule has 0 amide bonds. The number of esters is 1. The smallest absolute Gasteiger partial charge is 0.340 e. The minimum Gasteiger partial charge on any atom is -0.462 e. The first-order chi connectivity index (χ1) is 12.2. The van der Waals surface area contributed by atoms with E-state index in [2.05, 4.69) is 22.9 Å². The standard InChI is InChI=1S/C21H20BrNO2/c1-3-9-17-19(21(24)25-4-2)18(14-10-6-5-7-11-14)15-12-8-13-16(22)20(15)23-17/h5-8,10-13H,3-4,9H2,1-2H3. The van der Waals surface area contributed by atoms with Gasteiger partial charge < -0.3 is 4.74 Å². The van der Waals surface area contributed by atoms with Crippen molar-refractivity contribution in [2.45, 2.75) is 26.7 Å². The van der Waals surface area contributed by atoms with E-state index in [1.807, 2.05) is 55.5 Å². The fourth-order valence-electron chi connectivity index (χ4n) is 3.05. The van der Waals surface area contributed by atoms with Crippen LogP contribution >= 0.6 is 15.9 Å². The molecule has 4 heteroatoms. The van der Waals surface area contributed by atoms with Crippen LogP contribution in [0.15, 0.2) is 53.0 Å². The van der Waals surface area contributed by atoms with Gasteiger partial charge in [-0.2, -0.15) is 0 Å². The maximum atomic E-state index is 12.8. The molecule has 0 atom stereocenters. The van der Waals surface area contributed by atoms with Crippen LogP contribution in [0.3, 0.4) is 0 Å². The molecule has 0 spiro atoms. The second-order valence-electron chi connectivity index (χ2n) is 5.78. The minimum absolute atomic E-state index is 0.306. The zero-order valence-electron chi connectivity index (χ0n) is 14.4. The van der Waals surface area contributed by atoms with Crippen LogP contribution in [0.2, 0.25) is 0 Å². The fraction of sp³-hybridized carbons (Fsp3) is 0.238. The second kappa shape index (κ2) is 7.79. The van der Waals surface area contributed by atoms with Crippen LogP contribution in [-0.2, 0) is 11.2 Å². The van der Waals surface area contributed by atoms with Gasteiger partial charge in [-0.3, -0.25) is 4.98 Å². The lowest BCUT2D eigenvalue weighted by molar-refractivity contribution is 0.0525. The highest BCUT2D eigenvalue weighted by Gasteiger charge is 2.23. The number of aromatic nitrogens is 1. The summed E-state index contributed by atoms with van der Waals surface area (Å²) in [6.45, 7) is 4.25. The van der Waals surface area contributed by atoms with Crippen LogP contribution in [0, 0.1) is 0 Å². The molecule has 0 N–H and O–H groups in total. The van der Waals surface area contributed by atoms with E-state index in [1.54, 1.807) is 0 Å². The Balaban J connectivity index is 2.43. The van der Waals surface area contributed by atoms with Crippen LogP contribution in [0.4, 0.5) is 0 Å². The molecular formula is C21H20BrNO2. The maximum absolute atomic E-state index is 12.8. The maximum Gasteiger partial charge on any atom is 0.340 e. The summed E-state index contributed by atoms with van der Waals surface area (Å²) in [6, 6.07) is 15.9. The van der Waals surface area contributed by atoms with Crippen molar-refractivity contribution < 1.29 is 9.53 Å². The molecule has 128 valence electrons. The summed E-state index contributed by atoms with van der Waals surface area (Å²) >= 11 is 3.60. The van der Waals surface area contributed by atoms with Crippen LogP contribution in [0.5, 0.6) is 0 Å². The lowest BCUT2D eigenvalue weighted by atomic mass is 9.93. The summed E-state index contributed by atoms with van der Waals surface area (Å²) in [5.74, 6) is -0.306. The van der Waals surface area contributed by atoms with E-state index < -0.39 is 0 Å². The van der Waals surface area contributed by atoms with Crippen molar-refractivity contribution in [1.82, 2.24) is 4.98 Å². The van der Waals surface area contributed by atoms with E-state index in [1.165, 1.54) is 0 Å². The first-order valence-corrected chi connectivity index (χ1v) is 9.30. The minimum atomic E-state index is -0.306. The van der Waals surface area contributed by atoms with E-state index in [0.29, 0.717) is 12.2 Å². The van der Waals surface area contributed by atoms with Crippen molar-refractivity contribution in [3.8, 4) is 11.1 Å². The number of carbonyl (C=O) groups excluding carboxylic acids is 1. The van der Waals surface area contributed by atoms with Crippen molar-refractivity contribution in [2.75, 3.05) is 6.61 Å². The van der Waals surface area contributed by atoms with Gasteiger partial charge in [-0.25, -0.2) is 4.79 Å². The van der Waals surface area contributed by atoms with Crippen molar-refractivity contribution >= 4 is 32.8 Å². The number of pyridine rings is 1. The number of fused-ring (bicyclic) bond motifs is 1. The van der Waals surface area contributed by atoms with Crippen LogP contribution in [0.25, 0.3) is 22.0 Å². The average Bonchev–Trinajstić information content (AvgIpc) is 2.62. The Hall–Kier alpha value is -2.20. The van der Waals surface area contributed by atoms with Crippen LogP contribution in [-0.4, -0.2) is 17.6 Å². The zero-order chi connectivity index (χ0) is 17.8. The molecule has 0 bridgehead atoms. The Morgan fingerprint density at radius 3 is 2.52 bits per heavy atom. The summed E-state index contributed by atoms with van der Waals surface area (Å²) in [7, 11) is 0. The van der Waals surface area contributed by atoms with Gasteiger partial charge in [0.2, 0.25) is 0 Å². The number of aryl methyl sites for hydroxylation is 1. The molecule has 2 aromatic carbocycles. The van der Waals surface area contributed by atoms with Gasteiger partial charge in [-0.15, -0.1) is 0 Å². The summed E-state index contributed by atoms with van der Waals surface area (Å²) in [4.78, 5) is 17.6. The molecule has 0 radical (unpaired) electrons. The Morgan fingerprint density at radius 2 is 1.84 bits per heavy atom. The van der Waals surface area contributed by atoms with E-state index in [0.717, 1.165) is 45.0 Å². The molecule has 0 unspecified atom stereocenters. The molecule has 0 saturated carbocycles. The van der Waals surface area contributed by atoms with Gasteiger partial charge in [-0.1, -0.05) is 55.8 Å². The highest BCUT2D eigenvalue weighted by Crippen LogP contribution is 2.36. The molecule has 3 nitrogen and oxygen atoms in total. The van der Waals surface area contributed by atoms with E-state index in [9.17, 15) is 4.79 Å². The number of benzene rings is 2. The third-order valence-corrected chi connectivity index (χ3v) is 4.71. The van der Waals surface area contributed by atoms with Crippen molar-refractivity contribution in [3.05, 3.63) is 64.3 Å². The number of para-hydroxylation sites is 1. The summed E-state index contributed by atoms with van der Waals surface area (Å²) in [5, 5.41) is 0.948. The lowest BCUT2D eigenvalue weighted by Crippen LogP contribution is -2.12. The van der Waals surface area contributed by atoms with Gasteiger partial charge in [0.25, 0.3) is 0 Å². The summed E-state index contributed by atoms with van der Waals surface area (Å²) in [5.41, 5.74) is 4.14. The molecule has 0 aliphatic heterocycles. The molecule has 1 aromatic heterocycles. The predicted molar refractivity (Wildman–Crippen MR) is 105 cm³/mol. The van der Waals surface area contributed by atoms with Gasteiger partial charge in [0.1, 0.15) is 0 Å². The van der Waals surface area contributed by atoms with Gasteiger partial charge in [0, 0.05) is 15.4 Å². The molecule has 0 fully saturated rings. The van der Waals surface area contributed by atoms with Gasteiger partial charge in [0.05, 0.1) is 23.4 Å². The van der Waals surface area contributed by atoms with Crippen LogP contribution < -0.4 is 0 Å². The highest BCUT2D eigenvalue weighted by atomic mass is 79.9.